The van der Waals surface area contributed by atoms with E-state index in [4.69, 9.17) is 14.2 Å². The van der Waals surface area contributed by atoms with Gasteiger partial charge in [-0.25, -0.2) is 4.39 Å². The lowest BCUT2D eigenvalue weighted by Crippen LogP contribution is -2.50. The Labute approximate surface area is 239 Å². The Morgan fingerprint density at radius 2 is 1.78 bits per heavy atom. The maximum absolute atomic E-state index is 15.0. The van der Waals surface area contributed by atoms with E-state index in [-0.39, 0.29) is 52.6 Å². The normalized spacial score (nSPS) is 28.9. The molecule has 0 unspecified atom stereocenters. The van der Waals surface area contributed by atoms with Crippen LogP contribution in [-0.2, 0) is 14.3 Å². The number of fused-ring (bicyclic) bond motifs is 2. The molecule has 3 aliphatic carbocycles. The topological polar surface area (TPSA) is 118 Å². The molecular weight excluding hydrogens is 536 g/mol. The first kappa shape index (κ1) is 30.5. The van der Waals surface area contributed by atoms with Gasteiger partial charge in [-0.3, -0.25) is 14.4 Å². The standard InChI is InChI=1S/C30H39F2N3O6/c1-29(2,15-33)16-35(32)27(37)24-17-6-7-18(12-17)25(24)34-26(36)20-13-23(21(31)14-22(20)39-4)41-19-8-10-30(3,11-9-19)28(38)40-5/h13-14,17-19,24-25H,6-12,16H2,1-5H3,(H,34,36)/t17-,18+,19?,24+,25-,30?/m1/s1. The molecule has 0 aromatic heterocycles. The Morgan fingerprint density at radius 1 is 1.12 bits per heavy atom. The molecule has 4 rings (SSSR count). The number of benzene rings is 1. The van der Waals surface area contributed by atoms with Gasteiger partial charge in [0.25, 0.3) is 11.8 Å². The molecule has 2 bridgehead atoms. The molecule has 0 spiro atoms. The van der Waals surface area contributed by atoms with Crippen LogP contribution >= 0.6 is 0 Å². The zero-order valence-electron chi connectivity index (χ0n) is 24.3. The zero-order valence-corrected chi connectivity index (χ0v) is 24.3. The zero-order chi connectivity index (χ0) is 30.1. The van der Waals surface area contributed by atoms with E-state index >= 15 is 0 Å². The largest absolute Gasteiger partial charge is 0.496 e. The minimum Gasteiger partial charge on any atom is -0.496 e. The number of hydrogen-bond donors (Lipinski definition) is 1. The van der Waals surface area contributed by atoms with Crippen molar-refractivity contribution >= 4 is 17.8 Å². The molecule has 1 aromatic carbocycles. The quantitative estimate of drug-likeness (QED) is 0.334. The van der Waals surface area contributed by atoms with Crippen molar-refractivity contribution in [2.24, 2.45) is 28.6 Å². The fraction of sp³-hybridized carbons (Fsp3) is 0.667. The summed E-state index contributed by atoms with van der Waals surface area (Å²) in [5.41, 5.74) is -1.64. The Bertz CT molecular complexity index is 1220. The van der Waals surface area contributed by atoms with Crippen LogP contribution in [0.25, 0.3) is 0 Å². The average molecular weight is 576 g/mol. The highest BCUT2D eigenvalue weighted by atomic mass is 19.2. The number of ether oxygens (including phenoxy) is 3. The van der Waals surface area contributed by atoms with Crippen molar-refractivity contribution < 1.29 is 37.5 Å². The molecule has 0 radical (unpaired) electrons. The van der Waals surface area contributed by atoms with Gasteiger partial charge in [0.05, 0.1) is 55.2 Å². The third-order valence-electron chi connectivity index (χ3n) is 9.08. The molecule has 0 saturated heterocycles. The van der Waals surface area contributed by atoms with Crippen molar-refractivity contribution in [2.45, 2.75) is 77.9 Å². The fourth-order valence-corrected chi connectivity index (χ4v) is 6.65. The second kappa shape index (κ2) is 11.8. The summed E-state index contributed by atoms with van der Waals surface area (Å²) in [6, 6.07) is 3.77. The number of nitriles is 1. The lowest BCUT2D eigenvalue weighted by atomic mass is 9.75. The van der Waals surface area contributed by atoms with Crippen LogP contribution in [0.15, 0.2) is 12.1 Å². The van der Waals surface area contributed by atoms with Crippen LogP contribution in [0.4, 0.5) is 8.87 Å². The fourth-order valence-electron chi connectivity index (χ4n) is 6.65. The molecule has 3 saturated carbocycles. The summed E-state index contributed by atoms with van der Waals surface area (Å²) in [6.45, 7) is 4.58. The van der Waals surface area contributed by atoms with Gasteiger partial charge in [0.2, 0.25) is 0 Å². The summed E-state index contributed by atoms with van der Waals surface area (Å²) in [5, 5.41) is 12.3. The van der Waals surface area contributed by atoms with Gasteiger partial charge in [0, 0.05) is 12.1 Å². The summed E-state index contributed by atoms with van der Waals surface area (Å²) >= 11 is 0. The molecule has 41 heavy (non-hydrogen) atoms. The highest BCUT2D eigenvalue weighted by molar-refractivity contribution is 5.98. The van der Waals surface area contributed by atoms with Crippen molar-refractivity contribution in [3.05, 3.63) is 23.5 Å². The predicted molar refractivity (Wildman–Crippen MR) is 144 cm³/mol. The molecular formula is C30H39F2N3O6. The van der Waals surface area contributed by atoms with Crippen LogP contribution in [0.5, 0.6) is 11.5 Å². The first-order valence-electron chi connectivity index (χ1n) is 14.1. The van der Waals surface area contributed by atoms with Gasteiger partial charge in [-0.05, 0) is 83.6 Å². The maximum Gasteiger partial charge on any atom is 0.311 e. The number of esters is 1. The van der Waals surface area contributed by atoms with Crippen LogP contribution < -0.4 is 14.8 Å². The monoisotopic (exact) mass is 575 g/mol. The summed E-state index contributed by atoms with van der Waals surface area (Å²) in [5.74, 6) is -3.23. The van der Waals surface area contributed by atoms with E-state index in [2.05, 4.69) is 5.32 Å². The van der Waals surface area contributed by atoms with Gasteiger partial charge >= 0.3 is 5.97 Å². The van der Waals surface area contributed by atoms with Gasteiger partial charge in [-0.1, -0.05) is 4.48 Å². The molecule has 1 aromatic rings. The number of carbonyl (C=O) groups excluding carboxylic acids is 3. The van der Waals surface area contributed by atoms with Crippen LogP contribution in [0.3, 0.4) is 0 Å². The molecule has 1 N–H and O–H groups in total. The number of carbonyl (C=O) groups is 3. The van der Waals surface area contributed by atoms with Crippen molar-refractivity contribution in [2.75, 3.05) is 20.8 Å². The Balaban J connectivity index is 1.50. The molecule has 3 fully saturated rings. The Kier molecular flexibility index (Phi) is 8.81. The second-order valence-electron chi connectivity index (χ2n) is 12.6. The number of amides is 2. The molecule has 11 heteroatoms. The van der Waals surface area contributed by atoms with E-state index in [0.29, 0.717) is 32.1 Å². The number of methoxy groups -OCH3 is 2. The average Bonchev–Trinajstić information content (AvgIpc) is 3.56. The third-order valence-corrected chi connectivity index (χ3v) is 9.08. The van der Waals surface area contributed by atoms with E-state index in [1.165, 1.54) is 20.3 Å². The number of rotatable bonds is 9. The van der Waals surface area contributed by atoms with Crippen molar-refractivity contribution in [3.8, 4) is 17.6 Å². The van der Waals surface area contributed by atoms with Gasteiger partial charge in [-0.15, -0.1) is 0 Å². The molecule has 9 nitrogen and oxygen atoms in total. The summed E-state index contributed by atoms with van der Waals surface area (Å²) in [6.07, 6.45) is 3.96. The molecule has 3 aliphatic rings. The molecule has 4 atom stereocenters. The second-order valence-corrected chi connectivity index (χ2v) is 12.6. The summed E-state index contributed by atoms with van der Waals surface area (Å²) < 4.78 is 46.1. The van der Waals surface area contributed by atoms with Crippen molar-refractivity contribution in [1.82, 2.24) is 10.4 Å². The Morgan fingerprint density at radius 3 is 2.39 bits per heavy atom. The molecule has 0 aliphatic heterocycles. The molecule has 224 valence electrons. The predicted octanol–water partition coefficient (Wildman–Crippen LogP) is 4.74. The number of nitrogens with one attached hydrogen (secondary N) is 1. The van der Waals surface area contributed by atoms with E-state index in [9.17, 15) is 28.5 Å². The number of nitrogens with zero attached hydrogens (tertiary/aromatic N) is 2. The SMILES string of the molecule is COC(=O)C1(C)CCC(Oc2cc(C(=O)N[C@@H]3[C@H]4CC[C@H](C4)[C@@H]3C(=O)N(F)CC(C)(C)C#N)c(OC)cc2F)CC1. The minimum atomic E-state index is -1.06. The van der Waals surface area contributed by atoms with Gasteiger partial charge in [-0.2, -0.15) is 10.4 Å². The van der Waals surface area contributed by atoms with Crippen LogP contribution in [0, 0.1) is 45.7 Å². The lowest BCUT2D eigenvalue weighted by Gasteiger charge is -2.35. The lowest BCUT2D eigenvalue weighted by molar-refractivity contribution is -0.156. The maximum atomic E-state index is 15.0. The highest BCUT2D eigenvalue weighted by Crippen LogP contribution is 2.49. The molecule has 2 amide bonds. The molecule has 0 heterocycles. The Hall–Kier alpha value is -3.42. The van der Waals surface area contributed by atoms with Gasteiger partial charge < -0.3 is 19.5 Å². The number of hydrogen-bond acceptors (Lipinski definition) is 7. The first-order chi connectivity index (χ1) is 19.3. The van der Waals surface area contributed by atoms with Gasteiger partial charge in [0.15, 0.2) is 11.6 Å². The van der Waals surface area contributed by atoms with E-state index < -0.39 is 40.4 Å². The van der Waals surface area contributed by atoms with E-state index in [1.54, 1.807) is 13.8 Å². The van der Waals surface area contributed by atoms with Gasteiger partial charge in [0.1, 0.15) is 5.75 Å². The smallest absolute Gasteiger partial charge is 0.311 e. The first-order valence-corrected chi connectivity index (χ1v) is 14.1. The van der Waals surface area contributed by atoms with Crippen LogP contribution in [0.1, 0.15) is 76.1 Å². The highest BCUT2D eigenvalue weighted by Gasteiger charge is 2.53. The van der Waals surface area contributed by atoms with E-state index in [1.807, 2.05) is 13.0 Å². The van der Waals surface area contributed by atoms with Crippen LogP contribution in [0.2, 0.25) is 0 Å². The van der Waals surface area contributed by atoms with Crippen molar-refractivity contribution in [1.29, 1.82) is 5.26 Å². The summed E-state index contributed by atoms with van der Waals surface area (Å²) in [4.78, 5) is 38.8. The third kappa shape index (κ3) is 6.26. The van der Waals surface area contributed by atoms with Crippen LogP contribution in [-0.4, -0.2) is 55.8 Å². The minimum absolute atomic E-state index is 0.00295. The van der Waals surface area contributed by atoms with Crippen molar-refractivity contribution in [3.63, 3.8) is 0 Å². The number of halogens is 2. The summed E-state index contributed by atoms with van der Waals surface area (Å²) in [7, 11) is 2.68. The van der Waals surface area contributed by atoms with E-state index in [0.717, 1.165) is 18.9 Å².